The number of imide groups is 1. The predicted octanol–water partition coefficient (Wildman–Crippen LogP) is 4.70. The van der Waals surface area contributed by atoms with Crippen LogP contribution in [-0.2, 0) is 35.6 Å². The number of hydrogen-bond donors (Lipinski definition) is 5. The molecule has 0 bridgehead atoms. The third-order valence-electron chi connectivity index (χ3n) is 12.6. The van der Waals surface area contributed by atoms with Crippen LogP contribution in [0.2, 0.25) is 0 Å². The number of carbonyl (C=O) groups is 7. The second kappa shape index (κ2) is 26.2. The van der Waals surface area contributed by atoms with Gasteiger partial charge in [0.1, 0.15) is 17.8 Å². The van der Waals surface area contributed by atoms with Gasteiger partial charge in [0.05, 0.1) is 22.2 Å². The van der Waals surface area contributed by atoms with Gasteiger partial charge in [-0.1, -0.05) is 106 Å². The number of rotatable bonds is 28. The summed E-state index contributed by atoms with van der Waals surface area (Å²) in [4.78, 5) is 103. The van der Waals surface area contributed by atoms with Gasteiger partial charge in [-0.15, -0.1) is 0 Å². The topological polar surface area (TPSA) is 243 Å². The molecule has 1 aliphatic carbocycles. The number of nitrogens with one attached hydrogen (secondary N) is 5. The summed E-state index contributed by atoms with van der Waals surface area (Å²) in [6.07, 6.45) is 13.9. The molecule has 2 aliphatic rings. The molecule has 4 aromatic rings. The first-order valence-electron chi connectivity index (χ1n) is 23.9. The molecule has 6 amide bonds. The van der Waals surface area contributed by atoms with Crippen molar-refractivity contribution in [2.24, 2.45) is 11.8 Å². The van der Waals surface area contributed by atoms with Gasteiger partial charge in [0.15, 0.2) is 0 Å². The van der Waals surface area contributed by atoms with Gasteiger partial charge >= 0.3 is 0 Å². The predicted molar refractivity (Wildman–Crippen MR) is 257 cm³/mol. The number of Topliss-reactive ketones (excluding diaryl/α,β-unsaturated/α-hetero) is 1. The molecule has 5 N–H and O–H groups in total. The lowest BCUT2D eigenvalue weighted by atomic mass is 9.85. The molecule has 1 aromatic heterocycles. The van der Waals surface area contributed by atoms with Crippen molar-refractivity contribution in [2.45, 2.75) is 107 Å². The Balaban J connectivity index is 1.06. The highest BCUT2D eigenvalue weighted by Gasteiger charge is 2.36. The first kappa shape index (κ1) is 51.7. The van der Waals surface area contributed by atoms with Crippen LogP contribution in [0.3, 0.4) is 0 Å². The number of ketones is 1. The number of benzene rings is 3. The molecule has 69 heavy (non-hydrogen) atoms. The maximum atomic E-state index is 14.3. The highest BCUT2D eigenvalue weighted by molar-refractivity contribution is 7.89. The van der Waals surface area contributed by atoms with Crippen molar-refractivity contribution in [1.82, 2.24) is 40.9 Å². The third-order valence-corrected chi connectivity index (χ3v) is 14.1. The van der Waals surface area contributed by atoms with E-state index < -0.39 is 45.6 Å². The summed E-state index contributed by atoms with van der Waals surface area (Å²) in [7, 11) is -3.86. The molecule has 0 radical (unpaired) electrons. The van der Waals surface area contributed by atoms with Crippen molar-refractivity contribution in [3.05, 3.63) is 126 Å². The zero-order chi connectivity index (χ0) is 49.0. The molecule has 17 nitrogen and oxygen atoms in total. The van der Waals surface area contributed by atoms with Gasteiger partial charge in [-0.05, 0) is 74.3 Å². The van der Waals surface area contributed by atoms with E-state index in [2.05, 4.69) is 36.0 Å². The molecule has 2 heterocycles. The second-order valence-corrected chi connectivity index (χ2v) is 19.3. The number of hydrogen-bond acceptors (Lipinski definition) is 11. The number of aromatic nitrogens is 2. The van der Waals surface area contributed by atoms with Crippen molar-refractivity contribution in [2.75, 3.05) is 26.2 Å². The van der Waals surface area contributed by atoms with E-state index in [-0.39, 0.29) is 79.0 Å². The van der Waals surface area contributed by atoms with Crippen LogP contribution in [0.1, 0.15) is 120 Å². The van der Waals surface area contributed by atoms with Crippen LogP contribution in [-0.4, -0.2) is 103 Å². The number of carbonyl (C=O) groups excluding carboxylic acids is 7. The minimum Gasteiger partial charge on any atom is -0.351 e. The molecule has 3 unspecified atom stereocenters. The first-order chi connectivity index (χ1) is 33.4. The van der Waals surface area contributed by atoms with Gasteiger partial charge in [-0.25, -0.2) is 18.1 Å². The summed E-state index contributed by atoms with van der Waals surface area (Å²) >= 11 is 0. The Morgan fingerprint density at radius 2 is 1.28 bits per heavy atom. The summed E-state index contributed by atoms with van der Waals surface area (Å²) in [5.74, 6) is -4.10. The fourth-order valence-electron chi connectivity index (χ4n) is 8.91. The van der Waals surface area contributed by atoms with Crippen molar-refractivity contribution < 1.29 is 42.0 Å². The fourth-order valence-corrected chi connectivity index (χ4v) is 9.96. The minimum atomic E-state index is -3.86. The molecule has 0 saturated heterocycles. The molecule has 3 aromatic carbocycles. The number of unbranched alkanes of at least 4 members (excludes halogenated alkanes) is 5. The van der Waals surface area contributed by atoms with Crippen LogP contribution >= 0.6 is 0 Å². The van der Waals surface area contributed by atoms with E-state index in [0.717, 1.165) is 57.8 Å². The van der Waals surface area contributed by atoms with E-state index in [9.17, 15) is 42.0 Å². The standard InChI is InChI=1S/C51H62N8O9S/c60-45(49(64)55-31-32-56-69(67,68)38-22-9-6-10-23-38)43(34-36-18-7-5-8-19-36)58-48(63)42(27-17-28-54-47(62)44-35-52-29-30-53-44)57-46(61)39(37-20-12-13-21-37)24-11-3-1-2-4-16-33-59-50(65)40-25-14-15-26-41(40)51(59)66/h5-10,14-15,18-19,22-23,25-26,29-30,35,37,39,42-43,56H,1-4,11-13,16-17,20-21,24,27-28,31-34H2,(H,54,62)(H,55,64)(H,57,61)(H,58,63). The van der Waals surface area contributed by atoms with E-state index in [4.69, 9.17) is 0 Å². The van der Waals surface area contributed by atoms with Crippen molar-refractivity contribution >= 4 is 51.2 Å². The molecule has 366 valence electrons. The third kappa shape index (κ3) is 15.2. The van der Waals surface area contributed by atoms with Gasteiger partial charge in [0.25, 0.3) is 23.6 Å². The van der Waals surface area contributed by atoms with Crippen LogP contribution < -0.4 is 26.0 Å². The zero-order valence-electron chi connectivity index (χ0n) is 38.8. The summed E-state index contributed by atoms with van der Waals surface area (Å²) in [5, 5.41) is 11.0. The average molecular weight is 963 g/mol. The summed E-state index contributed by atoms with van der Waals surface area (Å²) < 4.78 is 27.7. The Labute approximate surface area is 403 Å². The smallest absolute Gasteiger partial charge is 0.289 e. The van der Waals surface area contributed by atoms with E-state index in [1.54, 1.807) is 72.8 Å². The van der Waals surface area contributed by atoms with Crippen LogP contribution in [0.5, 0.6) is 0 Å². The Morgan fingerprint density at radius 3 is 1.94 bits per heavy atom. The minimum absolute atomic E-state index is 0.0399. The maximum absolute atomic E-state index is 14.3. The normalized spacial score (nSPS) is 14.9. The molecular weight excluding hydrogens is 901 g/mol. The van der Waals surface area contributed by atoms with Crippen LogP contribution in [0.25, 0.3) is 0 Å². The molecule has 18 heteroatoms. The monoisotopic (exact) mass is 962 g/mol. The van der Waals surface area contributed by atoms with Gasteiger partial charge in [0, 0.05) is 50.9 Å². The lowest BCUT2D eigenvalue weighted by Gasteiger charge is -2.27. The van der Waals surface area contributed by atoms with Crippen LogP contribution in [0, 0.1) is 11.8 Å². The van der Waals surface area contributed by atoms with Crippen molar-refractivity contribution in [3.8, 4) is 0 Å². The SMILES string of the molecule is O=C(NCCNS(=O)(=O)c1ccccc1)C(=O)C(Cc1ccccc1)NC(=O)C(CCCNC(=O)c1cnccn1)NC(=O)C(CCCCCCCCN1C(=O)c2ccccc2C1=O)C1CCCC1. The zero-order valence-corrected chi connectivity index (χ0v) is 39.6. The largest absolute Gasteiger partial charge is 0.351 e. The van der Waals surface area contributed by atoms with Gasteiger partial charge in [0.2, 0.25) is 27.6 Å². The Hall–Kier alpha value is -6.66. The lowest BCUT2D eigenvalue weighted by Crippen LogP contribution is -2.55. The molecular formula is C51H62N8O9S. The average Bonchev–Trinajstić information content (AvgIpc) is 3.99. The number of nitrogens with zero attached hydrogens (tertiary/aromatic N) is 3. The summed E-state index contributed by atoms with van der Waals surface area (Å²) in [5.41, 5.74) is 1.68. The quantitative estimate of drug-likeness (QED) is 0.0297. The molecule has 0 spiro atoms. The van der Waals surface area contributed by atoms with E-state index >= 15 is 0 Å². The Morgan fingerprint density at radius 1 is 0.652 bits per heavy atom. The van der Waals surface area contributed by atoms with E-state index in [0.29, 0.717) is 36.1 Å². The van der Waals surface area contributed by atoms with Gasteiger partial charge in [-0.2, -0.15) is 0 Å². The Kier molecular flexibility index (Phi) is 19.6. The van der Waals surface area contributed by atoms with Crippen molar-refractivity contribution in [3.63, 3.8) is 0 Å². The summed E-state index contributed by atoms with van der Waals surface area (Å²) in [6, 6.07) is 20.9. The highest BCUT2D eigenvalue weighted by Crippen LogP contribution is 2.35. The highest BCUT2D eigenvalue weighted by atomic mass is 32.2. The van der Waals surface area contributed by atoms with E-state index in [1.165, 1.54) is 35.6 Å². The second-order valence-electron chi connectivity index (χ2n) is 17.5. The lowest BCUT2D eigenvalue weighted by molar-refractivity contribution is -0.140. The van der Waals surface area contributed by atoms with E-state index in [1.807, 2.05) is 0 Å². The van der Waals surface area contributed by atoms with Crippen molar-refractivity contribution in [1.29, 1.82) is 0 Å². The first-order valence-corrected chi connectivity index (χ1v) is 25.4. The number of fused-ring (bicyclic) bond motifs is 1. The molecule has 3 atom stereocenters. The number of sulfonamides is 1. The molecule has 1 fully saturated rings. The summed E-state index contributed by atoms with van der Waals surface area (Å²) in [6.45, 7) is 0.108. The van der Waals surface area contributed by atoms with Gasteiger partial charge in [-0.3, -0.25) is 43.4 Å². The van der Waals surface area contributed by atoms with Crippen LogP contribution in [0.15, 0.2) is 108 Å². The number of amides is 6. The molecule has 1 saturated carbocycles. The maximum Gasteiger partial charge on any atom is 0.289 e. The molecule has 1 aliphatic heterocycles. The van der Waals surface area contributed by atoms with Gasteiger partial charge < -0.3 is 21.3 Å². The van der Waals surface area contributed by atoms with Crippen LogP contribution in [0.4, 0.5) is 0 Å². The molecule has 6 rings (SSSR count). The fraction of sp³-hybridized carbons (Fsp3) is 0.431. The Bertz CT molecular complexity index is 2460.